The van der Waals surface area contributed by atoms with Crippen molar-refractivity contribution in [2.45, 2.75) is 51.9 Å². The highest BCUT2D eigenvalue weighted by atomic mass is 32.1. The summed E-state index contributed by atoms with van der Waals surface area (Å²) in [5.41, 5.74) is 2.95. The normalized spacial score (nSPS) is 22.2. The molecule has 2 aromatic rings. The highest BCUT2D eigenvalue weighted by molar-refractivity contribution is 7.10. The number of thiophene rings is 1. The van der Waals surface area contributed by atoms with E-state index in [1.54, 1.807) is 19.9 Å². The van der Waals surface area contributed by atoms with Crippen molar-refractivity contribution in [1.82, 2.24) is 5.32 Å². The second-order valence-electron chi connectivity index (χ2n) is 9.35. The number of rotatable bonds is 8. The number of dihydropyridines is 1. The van der Waals surface area contributed by atoms with E-state index in [1.165, 1.54) is 11.3 Å². The lowest BCUT2D eigenvalue weighted by Gasteiger charge is -2.39. The maximum atomic E-state index is 14.4. The van der Waals surface area contributed by atoms with Crippen LogP contribution >= 0.6 is 11.3 Å². The van der Waals surface area contributed by atoms with E-state index >= 15 is 0 Å². The average Bonchev–Trinajstić information content (AvgIpc) is 3.60. The van der Waals surface area contributed by atoms with Crippen molar-refractivity contribution in [2.75, 3.05) is 20.0 Å². The van der Waals surface area contributed by atoms with Gasteiger partial charge in [-0.25, -0.2) is 4.79 Å². The summed E-state index contributed by atoms with van der Waals surface area (Å²) < 4.78 is 22.0. The summed E-state index contributed by atoms with van der Waals surface area (Å²) in [5, 5.41) is 5.39. The Balaban J connectivity index is 1.70. The van der Waals surface area contributed by atoms with Crippen molar-refractivity contribution >= 4 is 29.1 Å². The number of fused-ring (bicyclic) bond motifs is 1. The molecule has 0 saturated heterocycles. The molecule has 8 nitrogen and oxygen atoms in total. The molecule has 0 bridgehead atoms. The van der Waals surface area contributed by atoms with Crippen molar-refractivity contribution in [3.05, 3.63) is 68.7 Å². The van der Waals surface area contributed by atoms with Gasteiger partial charge in [0.15, 0.2) is 17.3 Å². The molecular formula is C29H31NO7S. The first kappa shape index (κ1) is 26.0. The molecule has 1 aromatic heterocycles. The molecule has 1 aromatic carbocycles. The molecular weight excluding hydrogens is 506 g/mol. The third kappa shape index (κ3) is 4.60. The van der Waals surface area contributed by atoms with E-state index in [2.05, 4.69) is 5.32 Å². The molecule has 0 fully saturated rings. The van der Waals surface area contributed by atoms with Crippen LogP contribution in [0, 0.1) is 5.92 Å². The summed E-state index contributed by atoms with van der Waals surface area (Å²) >= 11 is 1.52. The molecule has 3 heterocycles. The molecule has 5 rings (SSSR count). The number of ether oxygens (including phenoxy) is 4. The topological polar surface area (TPSA) is 100 Å². The van der Waals surface area contributed by atoms with Gasteiger partial charge < -0.3 is 24.3 Å². The zero-order chi connectivity index (χ0) is 26.8. The van der Waals surface area contributed by atoms with Crippen molar-refractivity contribution in [1.29, 1.82) is 0 Å². The van der Waals surface area contributed by atoms with Crippen LogP contribution in [0.1, 0.15) is 62.3 Å². The lowest BCUT2D eigenvalue weighted by molar-refractivity contribution is -0.152. The number of esters is 2. The summed E-state index contributed by atoms with van der Waals surface area (Å²) in [5.74, 6) is -2.33. The number of ketones is 1. The zero-order valence-electron chi connectivity index (χ0n) is 21.7. The summed E-state index contributed by atoms with van der Waals surface area (Å²) in [4.78, 5) is 42.0. The number of hydrogen-bond acceptors (Lipinski definition) is 9. The molecule has 2 aliphatic heterocycles. The Morgan fingerprint density at radius 3 is 2.58 bits per heavy atom. The molecule has 3 aliphatic rings. The first-order valence-electron chi connectivity index (χ1n) is 13.0. The minimum Gasteiger partial charge on any atom is -0.465 e. The minimum absolute atomic E-state index is 0.104. The van der Waals surface area contributed by atoms with E-state index < -0.39 is 23.8 Å². The SMILES string of the molecule is CCCC1=C(C(=O)OCC)[C@@H](c2ccc3c(c2)OCO3)C2=C(C[C@H](c3cccs3)[C@H](C(=O)OCC)C2=O)N1. The Bertz CT molecular complexity index is 1310. The number of benzene rings is 1. The average molecular weight is 538 g/mol. The zero-order valence-corrected chi connectivity index (χ0v) is 22.5. The van der Waals surface area contributed by atoms with Gasteiger partial charge >= 0.3 is 11.9 Å². The Labute approximate surface area is 225 Å². The minimum atomic E-state index is -1.01. The van der Waals surface area contributed by atoms with Crippen LogP contribution < -0.4 is 14.8 Å². The first-order valence-corrected chi connectivity index (χ1v) is 13.9. The Morgan fingerprint density at radius 2 is 1.87 bits per heavy atom. The van der Waals surface area contributed by atoms with Gasteiger partial charge in [0.05, 0.1) is 18.8 Å². The van der Waals surface area contributed by atoms with Crippen molar-refractivity contribution < 1.29 is 33.3 Å². The molecule has 0 amide bonds. The fraction of sp³-hybridized carbons (Fsp3) is 0.414. The van der Waals surface area contributed by atoms with Gasteiger partial charge in [-0.1, -0.05) is 25.5 Å². The lowest BCUT2D eigenvalue weighted by atomic mass is 9.68. The van der Waals surface area contributed by atoms with Gasteiger partial charge in [-0.05, 0) is 55.8 Å². The highest BCUT2D eigenvalue weighted by Gasteiger charge is 2.49. The summed E-state index contributed by atoms with van der Waals surface area (Å²) in [6, 6.07) is 9.30. The molecule has 9 heteroatoms. The van der Waals surface area contributed by atoms with E-state index in [9.17, 15) is 14.4 Å². The lowest BCUT2D eigenvalue weighted by Crippen LogP contribution is -2.43. The molecule has 0 saturated carbocycles. The van der Waals surface area contributed by atoms with Crippen LogP contribution in [0.2, 0.25) is 0 Å². The van der Waals surface area contributed by atoms with E-state index in [4.69, 9.17) is 18.9 Å². The summed E-state index contributed by atoms with van der Waals surface area (Å²) in [6.07, 6.45) is 1.83. The fourth-order valence-corrected chi connectivity index (χ4v) is 6.41. The first-order chi connectivity index (χ1) is 18.5. The Kier molecular flexibility index (Phi) is 7.56. The van der Waals surface area contributed by atoms with Gasteiger partial charge in [0.1, 0.15) is 5.92 Å². The standard InChI is InChI=1S/C29H31NO7S/c1-4-8-18-26(29(33)35-6-3)23(16-10-11-20-21(13-16)37-15-36-20)25-19(30-18)14-17(22-9-7-12-38-22)24(27(25)31)28(32)34-5-2/h7,9-13,17,23-24,30H,4-6,8,14-15H2,1-3H3/t17-,23+,24+/m1/s1. The maximum absolute atomic E-state index is 14.4. The monoisotopic (exact) mass is 537 g/mol. The quantitative estimate of drug-likeness (QED) is 0.372. The van der Waals surface area contributed by atoms with Crippen LogP contribution in [0.15, 0.2) is 58.3 Å². The van der Waals surface area contributed by atoms with Gasteiger partial charge in [-0.3, -0.25) is 9.59 Å². The molecule has 38 heavy (non-hydrogen) atoms. The third-order valence-corrected chi connectivity index (χ3v) is 8.08. The number of Topliss-reactive ketones (excluding diaryl/α,β-unsaturated/α-hetero) is 1. The fourth-order valence-electron chi connectivity index (χ4n) is 5.54. The van der Waals surface area contributed by atoms with Gasteiger partial charge in [0, 0.05) is 33.7 Å². The number of nitrogens with one attached hydrogen (secondary N) is 1. The van der Waals surface area contributed by atoms with Crippen LogP contribution in [0.5, 0.6) is 11.5 Å². The summed E-state index contributed by atoms with van der Waals surface area (Å²) in [7, 11) is 0. The van der Waals surface area contributed by atoms with Crippen molar-refractivity contribution in [2.24, 2.45) is 5.92 Å². The van der Waals surface area contributed by atoms with Gasteiger partial charge in [-0.2, -0.15) is 0 Å². The van der Waals surface area contributed by atoms with E-state index in [0.717, 1.165) is 22.7 Å². The number of carbonyl (C=O) groups is 3. The Morgan fingerprint density at radius 1 is 1.08 bits per heavy atom. The van der Waals surface area contributed by atoms with Crippen molar-refractivity contribution in [3.8, 4) is 11.5 Å². The third-order valence-electron chi connectivity index (χ3n) is 7.08. The molecule has 1 aliphatic carbocycles. The van der Waals surface area contributed by atoms with Crippen LogP contribution in [-0.4, -0.2) is 37.7 Å². The highest BCUT2D eigenvalue weighted by Crippen LogP contribution is 2.50. The largest absolute Gasteiger partial charge is 0.465 e. The van der Waals surface area contributed by atoms with Gasteiger partial charge in [-0.15, -0.1) is 11.3 Å². The molecule has 200 valence electrons. The van der Waals surface area contributed by atoms with E-state index in [1.807, 2.05) is 36.6 Å². The Hall–Kier alpha value is -3.59. The molecule has 3 atom stereocenters. The smallest absolute Gasteiger partial charge is 0.336 e. The van der Waals surface area contributed by atoms with Crippen LogP contribution in [-0.2, 0) is 23.9 Å². The predicted octanol–water partition coefficient (Wildman–Crippen LogP) is 4.97. The van der Waals surface area contributed by atoms with Crippen molar-refractivity contribution in [3.63, 3.8) is 0 Å². The van der Waals surface area contributed by atoms with Gasteiger partial charge in [0.25, 0.3) is 0 Å². The van der Waals surface area contributed by atoms with Crippen LogP contribution in [0.4, 0.5) is 0 Å². The maximum Gasteiger partial charge on any atom is 0.336 e. The number of allylic oxidation sites excluding steroid dienone is 3. The van der Waals surface area contributed by atoms with Crippen LogP contribution in [0.3, 0.4) is 0 Å². The molecule has 0 spiro atoms. The van der Waals surface area contributed by atoms with E-state index in [-0.39, 0.29) is 31.7 Å². The van der Waals surface area contributed by atoms with Gasteiger partial charge in [0.2, 0.25) is 6.79 Å². The second kappa shape index (κ2) is 11.0. The van der Waals surface area contributed by atoms with E-state index in [0.29, 0.717) is 41.1 Å². The molecule has 0 radical (unpaired) electrons. The predicted molar refractivity (Wildman–Crippen MR) is 141 cm³/mol. The second-order valence-corrected chi connectivity index (χ2v) is 10.3. The molecule has 1 N–H and O–H groups in total. The number of hydrogen-bond donors (Lipinski definition) is 1. The molecule has 0 unspecified atom stereocenters. The number of carbonyl (C=O) groups excluding carboxylic acids is 3. The summed E-state index contributed by atoms with van der Waals surface area (Å²) in [6.45, 7) is 5.99. The van der Waals surface area contributed by atoms with Crippen LogP contribution in [0.25, 0.3) is 0 Å².